The molecule has 0 aliphatic carbocycles. The van der Waals surface area contributed by atoms with E-state index in [4.69, 9.17) is 4.74 Å². The zero-order valence-corrected chi connectivity index (χ0v) is 15.3. The Hall–Kier alpha value is -2.67. The highest BCUT2D eigenvalue weighted by atomic mass is 32.2. The first kappa shape index (κ1) is 18.1. The van der Waals surface area contributed by atoms with Gasteiger partial charge in [0.05, 0.1) is 12.3 Å². The van der Waals surface area contributed by atoms with E-state index in [1.54, 1.807) is 34.9 Å². The highest BCUT2D eigenvalue weighted by Crippen LogP contribution is 2.29. The second kappa shape index (κ2) is 8.14. The molecule has 0 saturated carbocycles. The average molecular weight is 371 g/mol. The second-order valence-electron chi connectivity index (χ2n) is 5.54. The van der Waals surface area contributed by atoms with Gasteiger partial charge in [-0.25, -0.2) is 4.39 Å². The van der Waals surface area contributed by atoms with Gasteiger partial charge in [-0.1, -0.05) is 23.9 Å². The molecule has 2 aromatic carbocycles. The lowest BCUT2D eigenvalue weighted by Crippen LogP contribution is -2.01. The van der Waals surface area contributed by atoms with Gasteiger partial charge in [0.25, 0.3) is 0 Å². The van der Waals surface area contributed by atoms with Crippen molar-refractivity contribution in [2.45, 2.75) is 24.8 Å². The molecule has 3 rings (SSSR count). The Bertz CT molecular complexity index is 927. The van der Waals surface area contributed by atoms with Crippen LogP contribution in [0.25, 0.3) is 5.69 Å². The maximum absolute atomic E-state index is 14.1. The highest BCUT2D eigenvalue weighted by Gasteiger charge is 2.13. The molecule has 0 aliphatic rings. The number of para-hydroxylation sites is 1. The molecule has 0 fully saturated rings. The lowest BCUT2D eigenvalue weighted by atomic mass is 10.1. The Morgan fingerprint density at radius 1 is 1.27 bits per heavy atom. The zero-order valence-electron chi connectivity index (χ0n) is 14.5. The summed E-state index contributed by atoms with van der Waals surface area (Å²) in [5, 5.41) is 8.54. The summed E-state index contributed by atoms with van der Waals surface area (Å²) in [5.41, 5.74) is 1.90. The standard InChI is InChI=1S/C19H18FN3O2S/c1-3-25-18-9-8-14(13(2)24)10-15(18)11-26-19-22-21-12-23(19)17-7-5-4-6-16(17)20/h4-10,12H,3,11H2,1-2H3. The highest BCUT2D eigenvalue weighted by molar-refractivity contribution is 7.98. The molecule has 26 heavy (non-hydrogen) atoms. The van der Waals surface area contributed by atoms with Gasteiger partial charge in [0.1, 0.15) is 17.9 Å². The van der Waals surface area contributed by atoms with Crippen LogP contribution in [0.4, 0.5) is 4.39 Å². The van der Waals surface area contributed by atoms with E-state index in [-0.39, 0.29) is 11.6 Å². The average Bonchev–Trinajstić information content (AvgIpc) is 3.09. The summed E-state index contributed by atoms with van der Waals surface area (Å²) in [7, 11) is 0. The molecule has 3 aromatic rings. The van der Waals surface area contributed by atoms with Crippen LogP contribution in [0.5, 0.6) is 5.75 Å². The van der Waals surface area contributed by atoms with E-state index in [0.717, 1.165) is 11.3 Å². The SMILES string of the molecule is CCOc1ccc(C(C)=O)cc1CSc1nncn1-c1ccccc1F. The number of rotatable bonds is 7. The molecule has 0 radical (unpaired) electrons. The van der Waals surface area contributed by atoms with Crippen molar-refractivity contribution >= 4 is 17.5 Å². The largest absolute Gasteiger partial charge is 0.494 e. The quantitative estimate of drug-likeness (QED) is 0.458. The van der Waals surface area contributed by atoms with E-state index in [1.165, 1.54) is 31.1 Å². The number of hydrogen-bond donors (Lipinski definition) is 0. The van der Waals surface area contributed by atoms with Gasteiger partial charge < -0.3 is 4.74 Å². The molecule has 0 spiro atoms. The van der Waals surface area contributed by atoms with Gasteiger partial charge in [-0.3, -0.25) is 9.36 Å². The minimum absolute atomic E-state index is 0.00572. The fourth-order valence-electron chi connectivity index (χ4n) is 2.49. The third-order valence-electron chi connectivity index (χ3n) is 3.75. The van der Waals surface area contributed by atoms with Crippen LogP contribution in [-0.4, -0.2) is 27.2 Å². The number of carbonyl (C=O) groups is 1. The molecule has 0 saturated heterocycles. The molecule has 0 amide bonds. The molecule has 7 heteroatoms. The summed E-state index contributed by atoms with van der Waals surface area (Å²) in [6.45, 7) is 3.97. The Morgan fingerprint density at radius 3 is 2.81 bits per heavy atom. The van der Waals surface area contributed by atoms with E-state index in [2.05, 4.69) is 10.2 Å². The second-order valence-corrected chi connectivity index (χ2v) is 6.48. The fraction of sp³-hybridized carbons (Fsp3) is 0.211. The first-order chi connectivity index (χ1) is 12.6. The minimum Gasteiger partial charge on any atom is -0.494 e. The Morgan fingerprint density at radius 2 is 2.08 bits per heavy atom. The third kappa shape index (κ3) is 3.94. The number of aromatic nitrogens is 3. The van der Waals surface area contributed by atoms with Crippen molar-refractivity contribution in [3.8, 4) is 11.4 Å². The van der Waals surface area contributed by atoms with Crippen molar-refractivity contribution in [1.29, 1.82) is 0 Å². The predicted octanol–water partition coefficient (Wildman–Crippen LogP) is 4.30. The van der Waals surface area contributed by atoms with Crippen molar-refractivity contribution in [3.63, 3.8) is 0 Å². The van der Waals surface area contributed by atoms with Gasteiger partial charge in [0.2, 0.25) is 0 Å². The van der Waals surface area contributed by atoms with Crippen molar-refractivity contribution in [2.24, 2.45) is 0 Å². The maximum Gasteiger partial charge on any atom is 0.196 e. The first-order valence-corrected chi connectivity index (χ1v) is 9.13. The van der Waals surface area contributed by atoms with E-state index < -0.39 is 0 Å². The normalized spacial score (nSPS) is 10.7. The molecule has 0 N–H and O–H groups in total. The van der Waals surface area contributed by atoms with E-state index in [0.29, 0.717) is 28.8 Å². The molecule has 1 heterocycles. The van der Waals surface area contributed by atoms with Crippen LogP contribution in [0.1, 0.15) is 29.8 Å². The van der Waals surface area contributed by atoms with Gasteiger partial charge in [0, 0.05) is 16.9 Å². The maximum atomic E-state index is 14.1. The smallest absolute Gasteiger partial charge is 0.196 e. The summed E-state index contributed by atoms with van der Waals surface area (Å²) in [6, 6.07) is 11.8. The van der Waals surface area contributed by atoms with Gasteiger partial charge in [0.15, 0.2) is 10.9 Å². The molecule has 1 aromatic heterocycles. The number of carbonyl (C=O) groups excluding carboxylic acids is 1. The van der Waals surface area contributed by atoms with Gasteiger partial charge >= 0.3 is 0 Å². The van der Waals surface area contributed by atoms with Gasteiger partial charge in [-0.2, -0.15) is 0 Å². The molecule has 5 nitrogen and oxygen atoms in total. The number of thioether (sulfide) groups is 1. The molecule has 0 unspecified atom stereocenters. The van der Waals surface area contributed by atoms with E-state index >= 15 is 0 Å². The number of benzene rings is 2. The van der Waals surface area contributed by atoms with Crippen LogP contribution in [0, 0.1) is 5.82 Å². The van der Waals surface area contributed by atoms with Crippen LogP contribution in [0.15, 0.2) is 53.9 Å². The van der Waals surface area contributed by atoms with Crippen LogP contribution in [-0.2, 0) is 5.75 Å². The topological polar surface area (TPSA) is 57.0 Å². The van der Waals surface area contributed by atoms with Gasteiger partial charge in [-0.15, -0.1) is 10.2 Å². The lowest BCUT2D eigenvalue weighted by molar-refractivity contribution is 0.101. The third-order valence-corrected chi connectivity index (χ3v) is 4.74. The number of halogens is 1. The lowest BCUT2D eigenvalue weighted by Gasteiger charge is -2.12. The monoisotopic (exact) mass is 371 g/mol. The number of hydrogen-bond acceptors (Lipinski definition) is 5. The number of ether oxygens (including phenoxy) is 1. The molecule has 0 aliphatic heterocycles. The van der Waals surface area contributed by atoms with Crippen molar-refractivity contribution in [1.82, 2.24) is 14.8 Å². The summed E-state index contributed by atoms with van der Waals surface area (Å²) < 4.78 is 21.3. The van der Waals surface area contributed by atoms with Crippen LogP contribution in [0.2, 0.25) is 0 Å². The molecule has 0 bridgehead atoms. The zero-order chi connectivity index (χ0) is 18.5. The van der Waals surface area contributed by atoms with Crippen LogP contribution in [0.3, 0.4) is 0 Å². The van der Waals surface area contributed by atoms with Crippen LogP contribution < -0.4 is 4.74 Å². The molecule has 134 valence electrons. The summed E-state index contributed by atoms with van der Waals surface area (Å²) in [4.78, 5) is 11.7. The van der Waals surface area contributed by atoms with E-state index in [9.17, 15) is 9.18 Å². The minimum atomic E-state index is -0.345. The summed E-state index contributed by atoms with van der Waals surface area (Å²) in [5.74, 6) is 0.891. The molecule has 0 atom stereocenters. The van der Waals surface area contributed by atoms with Crippen LogP contribution >= 0.6 is 11.8 Å². The Balaban J connectivity index is 1.86. The number of ketones is 1. The van der Waals surface area contributed by atoms with E-state index in [1.807, 2.05) is 13.0 Å². The fourth-order valence-corrected chi connectivity index (χ4v) is 3.38. The van der Waals surface area contributed by atoms with Crippen molar-refractivity contribution < 1.29 is 13.9 Å². The number of nitrogens with zero attached hydrogens (tertiary/aromatic N) is 3. The Labute approximate surface area is 155 Å². The van der Waals surface area contributed by atoms with Crippen molar-refractivity contribution in [3.05, 3.63) is 65.7 Å². The number of Topliss-reactive ketones (excluding diaryl/α,β-unsaturated/α-hetero) is 1. The summed E-state index contributed by atoms with van der Waals surface area (Å²) >= 11 is 1.40. The molecular formula is C19H18FN3O2S. The Kier molecular flexibility index (Phi) is 5.68. The summed E-state index contributed by atoms with van der Waals surface area (Å²) in [6.07, 6.45) is 1.48. The molecular weight excluding hydrogens is 353 g/mol. The first-order valence-electron chi connectivity index (χ1n) is 8.14. The van der Waals surface area contributed by atoms with Crippen molar-refractivity contribution in [2.75, 3.05) is 6.61 Å². The van der Waals surface area contributed by atoms with Gasteiger partial charge in [-0.05, 0) is 44.2 Å². The predicted molar refractivity (Wildman–Crippen MR) is 98.5 cm³/mol.